The van der Waals surface area contributed by atoms with Crippen molar-refractivity contribution < 1.29 is 14.6 Å². The molecular formula is C18H30N2O3. The number of benzene rings is 1. The van der Waals surface area contributed by atoms with Gasteiger partial charge in [-0.25, -0.2) is 4.79 Å². The van der Waals surface area contributed by atoms with Crippen LogP contribution in [0.2, 0.25) is 0 Å². The Morgan fingerprint density at radius 2 is 1.96 bits per heavy atom. The van der Waals surface area contributed by atoms with E-state index in [0.29, 0.717) is 18.8 Å². The van der Waals surface area contributed by atoms with Crippen molar-refractivity contribution in [2.24, 2.45) is 5.92 Å². The Morgan fingerprint density at radius 3 is 2.52 bits per heavy atom. The Kier molecular flexibility index (Phi) is 6.88. The third-order valence-corrected chi connectivity index (χ3v) is 3.51. The van der Waals surface area contributed by atoms with Crippen LogP contribution in [0.4, 0.5) is 4.79 Å². The Bertz CT molecular complexity index is 521. The first kappa shape index (κ1) is 19.3. The summed E-state index contributed by atoms with van der Waals surface area (Å²) in [5.74, 6) is 0.585. The van der Waals surface area contributed by atoms with Gasteiger partial charge in [0, 0.05) is 24.7 Å². The maximum absolute atomic E-state index is 11.9. The van der Waals surface area contributed by atoms with Crippen molar-refractivity contribution in [1.29, 1.82) is 0 Å². The van der Waals surface area contributed by atoms with Crippen LogP contribution in [0.25, 0.3) is 0 Å². The van der Waals surface area contributed by atoms with E-state index in [1.54, 1.807) is 0 Å². The number of para-hydroxylation sites is 1. The average molecular weight is 322 g/mol. The highest BCUT2D eigenvalue weighted by Crippen LogP contribution is 2.21. The molecule has 0 aliphatic carbocycles. The number of hydrogen-bond acceptors (Lipinski definition) is 4. The minimum Gasteiger partial charge on any atom is -0.507 e. The highest BCUT2D eigenvalue weighted by atomic mass is 16.6. The summed E-state index contributed by atoms with van der Waals surface area (Å²) in [6.07, 6.45) is -0.406. The van der Waals surface area contributed by atoms with E-state index in [9.17, 15) is 9.90 Å². The molecule has 1 atom stereocenters. The maximum atomic E-state index is 11.9. The minimum atomic E-state index is -0.508. The highest BCUT2D eigenvalue weighted by molar-refractivity contribution is 5.68. The third kappa shape index (κ3) is 6.91. The predicted octanol–water partition coefficient (Wildman–Crippen LogP) is 3.34. The smallest absolute Gasteiger partial charge is 0.407 e. The Labute approximate surface area is 139 Å². The molecule has 1 unspecified atom stereocenters. The van der Waals surface area contributed by atoms with Crippen LogP contribution < -0.4 is 10.6 Å². The number of aromatic hydroxyl groups is 1. The van der Waals surface area contributed by atoms with E-state index in [4.69, 9.17) is 4.74 Å². The van der Waals surface area contributed by atoms with Gasteiger partial charge < -0.3 is 20.5 Å². The molecule has 1 rings (SSSR count). The van der Waals surface area contributed by atoms with Gasteiger partial charge in [-0.2, -0.15) is 0 Å². The van der Waals surface area contributed by atoms with Gasteiger partial charge in [0.05, 0.1) is 0 Å². The molecule has 0 heterocycles. The standard InChI is InChI=1S/C18H30N2O3/c1-12(2)15(20-17(22)23-18(4,5)6)11-19-10-14-9-7-8-13(3)16(14)21/h7-9,12,15,19,21H,10-11H2,1-6H3,(H,20,22). The summed E-state index contributed by atoms with van der Waals surface area (Å²) in [4.78, 5) is 11.9. The van der Waals surface area contributed by atoms with E-state index in [2.05, 4.69) is 10.6 Å². The van der Waals surface area contributed by atoms with Crippen molar-refractivity contribution >= 4 is 6.09 Å². The molecule has 1 aromatic rings. The number of aryl methyl sites for hydroxylation is 1. The molecule has 0 aromatic heterocycles. The molecule has 1 amide bonds. The Hall–Kier alpha value is -1.75. The molecule has 0 saturated carbocycles. The van der Waals surface area contributed by atoms with E-state index in [-0.39, 0.29) is 12.0 Å². The SMILES string of the molecule is Cc1cccc(CNCC(NC(=O)OC(C)(C)C)C(C)C)c1O. The van der Waals surface area contributed by atoms with Crippen molar-refractivity contribution in [1.82, 2.24) is 10.6 Å². The maximum Gasteiger partial charge on any atom is 0.407 e. The van der Waals surface area contributed by atoms with Crippen LogP contribution in [0.3, 0.4) is 0 Å². The molecule has 0 fully saturated rings. The van der Waals surface area contributed by atoms with E-state index in [1.165, 1.54) is 0 Å². The van der Waals surface area contributed by atoms with Crippen molar-refractivity contribution in [2.75, 3.05) is 6.54 Å². The molecule has 23 heavy (non-hydrogen) atoms. The largest absolute Gasteiger partial charge is 0.507 e. The van der Waals surface area contributed by atoms with Crippen LogP contribution in [0, 0.1) is 12.8 Å². The number of phenols is 1. The van der Waals surface area contributed by atoms with Crippen molar-refractivity contribution in [3.8, 4) is 5.75 Å². The second-order valence-electron chi connectivity index (χ2n) is 7.21. The zero-order valence-electron chi connectivity index (χ0n) is 15.1. The number of nitrogens with one attached hydrogen (secondary N) is 2. The van der Waals surface area contributed by atoms with E-state index >= 15 is 0 Å². The number of carbonyl (C=O) groups excluding carboxylic acids is 1. The zero-order valence-corrected chi connectivity index (χ0v) is 15.1. The second-order valence-corrected chi connectivity index (χ2v) is 7.21. The lowest BCUT2D eigenvalue weighted by molar-refractivity contribution is 0.0490. The van der Waals surface area contributed by atoms with Crippen LogP contribution in [0.5, 0.6) is 5.75 Å². The van der Waals surface area contributed by atoms with Crippen LogP contribution in [-0.2, 0) is 11.3 Å². The van der Waals surface area contributed by atoms with Crippen LogP contribution in [-0.4, -0.2) is 29.4 Å². The summed E-state index contributed by atoms with van der Waals surface area (Å²) in [5.41, 5.74) is 1.20. The first-order chi connectivity index (χ1) is 10.6. The summed E-state index contributed by atoms with van der Waals surface area (Å²) in [6, 6.07) is 5.64. The summed E-state index contributed by atoms with van der Waals surface area (Å²) in [6.45, 7) is 12.7. The molecule has 0 saturated heterocycles. The number of ether oxygens (including phenoxy) is 1. The third-order valence-electron chi connectivity index (χ3n) is 3.51. The number of carbonyl (C=O) groups is 1. The molecule has 3 N–H and O–H groups in total. The minimum absolute atomic E-state index is 0.0446. The molecule has 130 valence electrons. The lowest BCUT2D eigenvalue weighted by Gasteiger charge is -2.26. The van der Waals surface area contributed by atoms with Gasteiger partial charge in [0.1, 0.15) is 11.4 Å². The molecule has 5 nitrogen and oxygen atoms in total. The summed E-state index contributed by atoms with van der Waals surface area (Å²) >= 11 is 0. The van der Waals surface area contributed by atoms with E-state index in [0.717, 1.165) is 11.1 Å². The molecule has 5 heteroatoms. The second kappa shape index (κ2) is 8.20. The highest BCUT2D eigenvalue weighted by Gasteiger charge is 2.21. The molecule has 0 spiro atoms. The lowest BCUT2D eigenvalue weighted by Crippen LogP contribution is -2.46. The monoisotopic (exact) mass is 322 g/mol. The molecule has 0 bridgehead atoms. The lowest BCUT2D eigenvalue weighted by atomic mass is 10.0. The Balaban J connectivity index is 2.54. The molecule has 0 radical (unpaired) electrons. The molecule has 1 aromatic carbocycles. The van der Waals surface area contributed by atoms with E-state index < -0.39 is 11.7 Å². The van der Waals surface area contributed by atoms with Crippen molar-refractivity contribution in [3.05, 3.63) is 29.3 Å². The van der Waals surface area contributed by atoms with Gasteiger partial charge in [-0.3, -0.25) is 0 Å². The Morgan fingerprint density at radius 1 is 1.30 bits per heavy atom. The summed E-state index contributed by atoms with van der Waals surface area (Å²) in [5, 5.41) is 16.2. The first-order valence-corrected chi connectivity index (χ1v) is 8.08. The quantitative estimate of drug-likeness (QED) is 0.751. The number of alkyl carbamates (subject to hydrolysis) is 1. The number of rotatable bonds is 6. The normalized spacial score (nSPS) is 13.0. The van der Waals surface area contributed by atoms with Crippen LogP contribution in [0.15, 0.2) is 18.2 Å². The molecule has 0 aliphatic rings. The van der Waals surface area contributed by atoms with Crippen molar-refractivity contribution in [2.45, 2.75) is 59.7 Å². The molecule has 0 aliphatic heterocycles. The summed E-state index contributed by atoms with van der Waals surface area (Å²) < 4.78 is 5.30. The topological polar surface area (TPSA) is 70.6 Å². The van der Waals surface area contributed by atoms with Crippen LogP contribution >= 0.6 is 0 Å². The fraction of sp³-hybridized carbons (Fsp3) is 0.611. The summed E-state index contributed by atoms with van der Waals surface area (Å²) in [7, 11) is 0. The average Bonchev–Trinajstić information content (AvgIpc) is 2.40. The fourth-order valence-corrected chi connectivity index (χ4v) is 2.14. The van der Waals surface area contributed by atoms with Gasteiger partial charge in [0.25, 0.3) is 0 Å². The van der Waals surface area contributed by atoms with Gasteiger partial charge in [0.2, 0.25) is 0 Å². The number of phenolic OH excluding ortho intramolecular Hbond substituents is 1. The van der Waals surface area contributed by atoms with Gasteiger partial charge in [0.15, 0.2) is 0 Å². The van der Waals surface area contributed by atoms with Gasteiger partial charge in [-0.15, -0.1) is 0 Å². The van der Waals surface area contributed by atoms with Crippen molar-refractivity contribution in [3.63, 3.8) is 0 Å². The zero-order chi connectivity index (χ0) is 17.6. The fourth-order valence-electron chi connectivity index (χ4n) is 2.14. The molecular weight excluding hydrogens is 292 g/mol. The number of hydrogen-bond donors (Lipinski definition) is 3. The number of amides is 1. The first-order valence-electron chi connectivity index (χ1n) is 8.08. The van der Waals surface area contributed by atoms with Gasteiger partial charge in [-0.05, 0) is 39.2 Å². The van der Waals surface area contributed by atoms with Crippen LogP contribution in [0.1, 0.15) is 45.7 Å². The van der Waals surface area contributed by atoms with E-state index in [1.807, 2.05) is 59.7 Å². The van der Waals surface area contributed by atoms with Gasteiger partial charge >= 0.3 is 6.09 Å². The van der Waals surface area contributed by atoms with Gasteiger partial charge in [-0.1, -0.05) is 32.0 Å². The predicted molar refractivity (Wildman–Crippen MR) is 92.5 cm³/mol.